The van der Waals surface area contributed by atoms with E-state index in [2.05, 4.69) is 10.4 Å². The maximum atomic E-state index is 12.8. The molecule has 1 saturated heterocycles. The molecule has 2 aliphatic rings. The number of rotatable bonds is 5. The molecule has 2 N–H and O–H groups in total. The lowest BCUT2D eigenvalue weighted by molar-refractivity contribution is -0.127. The van der Waals surface area contributed by atoms with Crippen molar-refractivity contribution in [1.29, 1.82) is 0 Å². The van der Waals surface area contributed by atoms with E-state index < -0.39 is 6.04 Å². The Morgan fingerprint density at radius 1 is 1.31 bits per heavy atom. The number of aliphatic hydroxyl groups is 1. The number of likely N-dealkylation sites (tertiary alicyclic amines) is 1. The summed E-state index contributed by atoms with van der Waals surface area (Å²) < 4.78 is 5.52. The molecule has 0 bridgehead atoms. The van der Waals surface area contributed by atoms with Crippen molar-refractivity contribution in [2.75, 3.05) is 31.3 Å². The Morgan fingerprint density at radius 2 is 2.00 bits per heavy atom. The highest BCUT2D eigenvalue weighted by molar-refractivity contribution is 6.39. The minimum absolute atomic E-state index is 0.00110. The van der Waals surface area contributed by atoms with E-state index in [1.165, 1.54) is 5.01 Å². The third kappa shape index (κ3) is 4.03. The Kier molecular flexibility index (Phi) is 5.85. The highest BCUT2D eigenvalue weighted by Gasteiger charge is 2.33. The van der Waals surface area contributed by atoms with Crippen LogP contribution in [0.4, 0.5) is 5.69 Å². The first-order chi connectivity index (χ1) is 12.6. The van der Waals surface area contributed by atoms with Gasteiger partial charge >= 0.3 is 0 Å². The fraction of sp³-hybridized carbons (Fsp3) is 0.500. The Labute approximate surface area is 152 Å². The highest BCUT2D eigenvalue weighted by Crippen LogP contribution is 2.18. The second-order valence-corrected chi connectivity index (χ2v) is 6.36. The number of para-hydroxylation sites is 1. The van der Waals surface area contributed by atoms with Gasteiger partial charge in [-0.15, -0.1) is 0 Å². The molecule has 1 aromatic rings. The number of hydrogen-bond acceptors (Lipinski definition) is 6. The zero-order valence-corrected chi connectivity index (χ0v) is 14.8. The minimum atomic E-state index is -0.624. The van der Waals surface area contributed by atoms with Gasteiger partial charge in [0, 0.05) is 13.1 Å². The minimum Gasteiger partial charge on any atom is -0.394 e. The van der Waals surface area contributed by atoms with Crippen LogP contribution in [0, 0.1) is 0 Å². The molecule has 140 valence electrons. The molecule has 1 atom stereocenters. The van der Waals surface area contributed by atoms with Crippen molar-refractivity contribution in [3.05, 3.63) is 30.3 Å². The van der Waals surface area contributed by atoms with Crippen LogP contribution in [0.3, 0.4) is 0 Å². The number of carbonyl (C=O) groups is 2. The summed E-state index contributed by atoms with van der Waals surface area (Å²) in [5.74, 6) is -0.245. The van der Waals surface area contributed by atoms with Crippen LogP contribution in [-0.2, 0) is 14.3 Å². The Hall–Kier alpha value is -2.45. The molecule has 8 heteroatoms. The first-order valence-electron chi connectivity index (χ1n) is 8.85. The van der Waals surface area contributed by atoms with E-state index in [1.807, 2.05) is 18.2 Å². The number of nitrogens with zero attached hydrogens (tertiary/aromatic N) is 3. The van der Waals surface area contributed by atoms with Crippen LogP contribution in [0.1, 0.15) is 19.8 Å². The molecule has 26 heavy (non-hydrogen) atoms. The summed E-state index contributed by atoms with van der Waals surface area (Å²) in [4.78, 5) is 31.2. The van der Waals surface area contributed by atoms with Crippen LogP contribution in [0.15, 0.2) is 35.3 Å². The van der Waals surface area contributed by atoms with Crippen LogP contribution < -0.4 is 10.4 Å². The van der Waals surface area contributed by atoms with Gasteiger partial charge in [-0.2, -0.15) is 0 Å². The molecule has 3 rings (SSSR count). The normalized spacial score (nSPS) is 21.4. The molecule has 1 fully saturated rings. The molecule has 1 aromatic carbocycles. The Morgan fingerprint density at radius 3 is 2.65 bits per heavy atom. The second kappa shape index (κ2) is 8.29. The number of benzene rings is 1. The number of anilines is 1. The van der Waals surface area contributed by atoms with Crippen molar-refractivity contribution in [2.45, 2.75) is 31.9 Å². The summed E-state index contributed by atoms with van der Waals surface area (Å²) in [5.41, 5.74) is 3.54. The van der Waals surface area contributed by atoms with Gasteiger partial charge in [-0.3, -0.25) is 15.0 Å². The monoisotopic (exact) mass is 360 g/mol. The molecule has 0 radical (unpaired) electrons. The van der Waals surface area contributed by atoms with E-state index in [1.54, 1.807) is 24.0 Å². The fourth-order valence-electron chi connectivity index (χ4n) is 3.09. The van der Waals surface area contributed by atoms with Crippen molar-refractivity contribution in [3.8, 4) is 0 Å². The van der Waals surface area contributed by atoms with Gasteiger partial charge in [0.25, 0.3) is 11.8 Å². The lowest BCUT2D eigenvalue weighted by atomic mass is 10.1. The second-order valence-electron chi connectivity index (χ2n) is 6.36. The molecular weight excluding hydrogens is 336 g/mol. The van der Waals surface area contributed by atoms with Gasteiger partial charge in [-0.05, 0) is 31.9 Å². The number of aliphatic hydroxyl groups excluding tert-OH is 1. The van der Waals surface area contributed by atoms with Gasteiger partial charge in [0.2, 0.25) is 5.84 Å². The predicted molar refractivity (Wildman–Crippen MR) is 96.6 cm³/mol. The smallest absolute Gasteiger partial charge is 0.290 e. The largest absolute Gasteiger partial charge is 0.394 e. The lowest BCUT2D eigenvalue weighted by Gasteiger charge is -2.35. The first kappa shape index (κ1) is 18.3. The van der Waals surface area contributed by atoms with Crippen LogP contribution in [0.2, 0.25) is 0 Å². The first-order valence-corrected chi connectivity index (χ1v) is 8.85. The molecule has 2 amide bonds. The maximum absolute atomic E-state index is 12.8. The van der Waals surface area contributed by atoms with Gasteiger partial charge in [0.15, 0.2) is 0 Å². The summed E-state index contributed by atoms with van der Waals surface area (Å²) >= 11 is 0. The number of amidine groups is 1. The zero-order valence-electron chi connectivity index (χ0n) is 14.8. The molecule has 0 aromatic heterocycles. The van der Waals surface area contributed by atoms with E-state index in [4.69, 9.17) is 9.84 Å². The summed E-state index contributed by atoms with van der Waals surface area (Å²) in [6.07, 6.45) is 1.50. The molecular formula is C18H24N4O4. The summed E-state index contributed by atoms with van der Waals surface area (Å²) in [5, 5.41) is 10.2. The summed E-state index contributed by atoms with van der Waals surface area (Å²) in [6.45, 7) is 3.12. The number of nitrogens with one attached hydrogen (secondary N) is 1. The third-order valence-electron chi connectivity index (χ3n) is 4.51. The van der Waals surface area contributed by atoms with E-state index in [0.29, 0.717) is 25.4 Å². The van der Waals surface area contributed by atoms with Crippen LogP contribution in [0.5, 0.6) is 0 Å². The van der Waals surface area contributed by atoms with Crippen molar-refractivity contribution in [2.24, 2.45) is 4.99 Å². The van der Waals surface area contributed by atoms with E-state index >= 15 is 0 Å². The SMILES string of the molecule is C[C@H]1N=C(C(=O)N2CCC(OCCO)CC2)NN(c2ccccc2)C1=O. The number of aliphatic imine (C=N–C) groups is 1. The lowest BCUT2D eigenvalue weighted by Crippen LogP contribution is -2.59. The molecule has 2 heterocycles. The van der Waals surface area contributed by atoms with E-state index in [9.17, 15) is 9.59 Å². The van der Waals surface area contributed by atoms with Crippen LogP contribution in [-0.4, -0.2) is 66.1 Å². The topological polar surface area (TPSA) is 94.5 Å². The predicted octanol–water partition coefficient (Wildman–Crippen LogP) is 0.325. The number of carbonyl (C=O) groups excluding carboxylic acids is 2. The van der Waals surface area contributed by atoms with Crippen molar-refractivity contribution in [3.63, 3.8) is 0 Å². The molecule has 0 saturated carbocycles. The van der Waals surface area contributed by atoms with Gasteiger partial charge in [-0.1, -0.05) is 18.2 Å². The Balaban J connectivity index is 1.66. The summed E-state index contributed by atoms with van der Waals surface area (Å²) in [7, 11) is 0. The van der Waals surface area contributed by atoms with E-state index in [0.717, 1.165) is 12.8 Å². The van der Waals surface area contributed by atoms with Crippen LogP contribution >= 0.6 is 0 Å². The summed E-state index contributed by atoms with van der Waals surface area (Å²) in [6, 6.07) is 8.51. The number of ether oxygens (including phenoxy) is 1. The molecule has 0 spiro atoms. The number of hydrogen-bond donors (Lipinski definition) is 2. The number of piperidine rings is 1. The van der Waals surface area contributed by atoms with Crippen molar-refractivity contribution >= 4 is 23.3 Å². The van der Waals surface area contributed by atoms with Crippen molar-refractivity contribution < 1.29 is 19.4 Å². The molecule has 0 unspecified atom stereocenters. The van der Waals surface area contributed by atoms with Crippen LogP contribution in [0.25, 0.3) is 0 Å². The van der Waals surface area contributed by atoms with E-state index in [-0.39, 0.29) is 30.4 Å². The molecule has 2 aliphatic heterocycles. The average Bonchev–Trinajstić information content (AvgIpc) is 2.69. The Bertz CT molecular complexity index is 671. The zero-order chi connectivity index (χ0) is 18.5. The standard InChI is InChI=1S/C18H24N4O4/c1-13-17(24)22(14-5-3-2-4-6-14)20-16(19-13)18(25)21-9-7-15(8-10-21)26-12-11-23/h2-6,13,15,23H,7-12H2,1H3,(H,19,20)/t13-/m1/s1. The highest BCUT2D eigenvalue weighted by atomic mass is 16.5. The molecule has 0 aliphatic carbocycles. The van der Waals surface area contributed by atoms with Gasteiger partial charge in [0.1, 0.15) is 6.04 Å². The van der Waals surface area contributed by atoms with Gasteiger partial charge in [0.05, 0.1) is 25.0 Å². The fourth-order valence-corrected chi connectivity index (χ4v) is 3.09. The third-order valence-corrected chi connectivity index (χ3v) is 4.51. The maximum Gasteiger partial charge on any atom is 0.290 e. The average molecular weight is 360 g/mol. The van der Waals surface area contributed by atoms with Gasteiger partial charge < -0.3 is 14.7 Å². The number of hydrazine groups is 1. The molecule has 8 nitrogen and oxygen atoms in total. The van der Waals surface area contributed by atoms with Crippen molar-refractivity contribution in [1.82, 2.24) is 10.3 Å². The van der Waals surface area contributed by atoms with Gasteiger partial charge in [-0.25, -0.2) is 10.0 Å². The number of amides is 2. The quantitative estimate of drug-likeness (QED) is 0.789.